The molecule has 0 fully saturated rings. The summed E-state index contributed by atoms with van der Waals surface area (Å²) in [4.78, 5) is 28.7. The summed E-state index contributed by atoms with van der Waals surface area (Å²) < 4.78 is 9.44. The number of hydrogen-bond acceptors (Lipinski definition) is 5. The Morgan fingerprint density at radius 3 is 2.53 bits per heavy atom. The van der Waals surface area contributed by atoms with Gasteiger partial charge in [0.05, 0.1) is 11.0 Å². The number of fused-ring (bicyclic) bond motifs is 4. The molecule has 178 valence electrons. The highest BCUT2D eigenvalue weighted by Crippen LogP contribution is 2.28. The largest absolute Gasteiger partial charge is 0.382 e. The van der Waals surface area contributed by atoms with Crippen molar-refractivity contribution in [3.8, 4) is 0 Å². The topological polar surface area (TPSA) is 74.8 Å². The van der Waals surface area contributed by atoms with Crippen LogP contribution in [0.5, 0.6) is 0 Å². The molecular weight excluding hydrogens is 426 g/mol. The van der Waals surface area contributed by atoms with Crippen molar-refractivity contribution >= 4 is 33.2 Å². The summed E-state index contributed by atoms with van der Waals surface area (Å²) in [6.45, 7) is 6.69. The predicted molar refractivity (Wildman–Crippen MR) is 136 cm³/mol. The Bertz CT molecular complexity index is 1420. The van der Waals surface area contributed by atoms with Crippen LogP contribution in [0.1, 0.15) is 58.2 Å². The molecule has 0 amide bonds. The van der Waals surface area contributed by atoms with Crippen molar-refractivity contribution in [3.63, 3.8) is 0 Å². The molecule has 0 spiro atoms. The zero-order valence-corrected chi connectivity index (χ0v) is 20.2. The lowest BCUT2D eigenvalue weighted by molar-refractivity contribution is 0.141. The van der Waals surface area contributed by atoms with Crippen LogP contribution in [-0.2, 0) is 24.2 Å². The molecule has 0 bridgehead atoms. The van der Waals surface area contributed by atoms with E-state index < -0.39 is 0 Å². The molecular formula is C27H33N5O2. The fraction of sp³-hybridized carbons (Fsp3) is 0.481. The quantitative estimate of drug-likeness (QED) is 0.255. The van der Waals surface area contributed by atoms with Gasteiger partial charge in [-0.1, -0.05) is 30.7 Å². The summed E-state index contributed by atoms with van der Waals surface area (Å²) in [7, 11) is 0. The van der Waals surface area contributed by atoms with E-state index in [9.17, 15) is 4.79 Å². The van der Waals surface area contributed by atoms with Gasteiger partial charge in [0.15, 0.2) is 11.3 Å². The van der Waals surface area contributed by atoms with Gasteiger partial charge >= 0.3 is 0 Å². The minimum atomic E-state index is -0.0245. The molecule has 7 heteroatoms. The molecule has 7 nitrogen and oxygen atoms in total. The minimum absolute atomic E-state index is 0.0245. The lowest BCUT2D eigenvalue weighted by atomic mass is 9.97. The standard InChI is InChI=1S/C27H33N5O2/c1-3-22-30-25-23(27(33)31(22)16-10-18-34-4-2)24-26(29-21-14-9-8-13-20(21)28-24)32(25)17-15-19-11-6-5-7-12-19/h8-9,11,13-14H,3-7,10,12,15-18H2,1-2H3. The van der Waals surface area contributed by atoms with Crippen molar-refractivity contribution in [2.24, 2.45) is 0 Å². The van der Waals surface area contributed by atoms with E-state index in [1.807, 2.05) is 35.8 Å². The average Bonchev–Trinajstić information content (AvgIpc) is 3.17. The van der Waals surface area contributed by atoms with Crippen LogP contribution in [-0.4, -0.2) is 37.3 Å². The summed E-state index contributed by atoms with van der Waals surface area (Å²) in [5.74, 6) is 0.805. The molecule has 5 rings (SSSR count). The molecule has 4 aromatic rings. The maximum atomic E-state index is 13.8. The summed E-state index contributed by atoms with van der Waals surface area (Å²) in [6, 6.07) is 7.86. The summed E-state index contributed by atoms with van der Waals surface area (Å²) >= 11 is 0. The van der Waals surface area contributed by atoms with Gasteiger partial charge in [-0.3, -0.25) is 9.36 Å². The lowest BCUT2D eigenvalue weighted by Crippen LogP contribution is -2.26. The Morgan fingerprint density at radius 2 is 1.79 bits per heavy atom. The fourth-order valence-corrected chi connectivity index (χ4v) is 5.00. The third-order valence-electron chi connectivity index (χ3n) is 6.76. The first kappa shape index (κ1) is 22.7. The fourth-order valence-electron chi connectivity index (χ4n) is 5.00. The number of nitrogens with zero attached hydrogens (tertiary/aromatic N) is 5. The molecule has 1 aliphatic carbocycles. The molecule has 0 radical (unpaired) electrons. The highest BCUT2D eigenvalue weighted by Gasteiger charge is 2.22. The van der Waals surface area contributed by atoms with Crippen LogP contribution >= 0.6 is 0 Å². The first-order chi connectivity index (χ1) is 16.7. The van der Waals surface area contributed by atoms with Gasteiger partial charge in [-0.05, 0) is 57.6 Å². The maximum absolute atomic E-state index is 13.8. The number of rotatable bonds is 9. The molecule has 34 heavy (non-hydrogen) atoms. The van der Waals surface area contributed by atoms with E-state index in [1.165, 1.54) is 18.4 Å². The second-order valence-corrected chi connectivity index (χ2v) is 8.98. The van der Waals surface area contributed by atoms with Crippen LogP contribution in [0.25, 0.3) is 33.2 Å². The van der Waals surface area contributed by atoms with Gasteiger partial charge < -0.3 is 9.30 Å². The maximum Gasteiger partial charge on any atom is 0.265 e. The summed E-state index contributed by atoms with van der Waals surface area (Å²) in [5, 5.41) is 0.583. The van der Waals surface area contributed by atoms with Gasteiger partial charge in [-0.25, -0.2) is 15.0 Å². The number of hydrogen-bond donors (Lipinski definition) is 0. The molecule has 1 aliphatic rings. The second kappa shape index (κ2) is 10.1. The normalized spacial score (nSPS) is 14.4. The number of aromatic nitrogens is 5. The molecule has 0 saturated carbocycles. The molecule has 3 aromatic heterocycles. The Kier molecular flexibility index (Phi) is 6.72. The Hall–Kier alpha value is -3.06. The van der Waals surface area contributed by atoms with Crippen molar-refractivity contribution in [1.29, 1.82) is 0 Å². The molecule has 0 aliphatic heterocycles. The molecule has 0 atom stereocenters. The molecule has 0 N–H and O–H groups in total. The van der Waals surface area contributed by atoms with E-state index >= 15 is 0 Å². The van der Waals surface area contributed by atoms with Crippen molar-refractivity contribution in [1.82, 2.24) is 24.1 Å². The zero-order valence-electron chi connectivity index (χ0n) is 20.2. The van der Waals surface area contributed by atoms with Gasteiger partial charge in [0.25, 0.3) is 5.56 Å². The first-order valence-electron chi connectivity index (χ1n) is 12.6. The zero-order chi connectivity index (χ0) is 23.5. The highest BCUT2D eigenvalue weighted by molar-refractivity contribution is 6.04. The van der Waals surface area contributed by atoms with Crippen LogP contribution < -0.4 is 5.56 Å². The van der Waals surface area contributed by atoms with E-state index in [4.69, 9.17) is 19.7 Å². The summed E-state index contributed by atoms with van der Waals surface area (Å²) in [6.07, 6.45) is 9.66. The smallest absolute Gasteiger partial charge is 0.265 e. The van der Waals surface area contributed by atoms with Crippen LogP contribution in [0.3, 0.4) is 0 Å². The van der Waals surface area contributed by atoms with Gasteiger partial charge in [-0.2, -0.15) is 0 Å². The van der Waals surface area contributed by atoms with Gasteiger partial charge in [0.2, 0.25) is 0 Å². The number of ether oxygens (including phenoxy) is 1. The van der Waals surface area contributed by atoms with Crippen molar-refractivity contribution in [2.45, 2.75) is 71.9 Å². The van der Waals surface area contributed by atoms with Crippen LogP contribution in [0.2, 0.25) is 0 Å². The SMILES string of the molecule is CCOCCCn1c(CC)nc2c(c1=O)c1nc3ccccc3nc1n2CCC1=CCCCC1. The predicted octanol–water partition coefficient (Wildman–Crippen LogP) is 5.17. The van der Waals surface area contributed by atoms with Crippen LogP contribution in [0.4, 0.5) is 0 Å². The van der Waals surface area contributed by atoms with E-state index in [0.717, 1.165) is 54.7 Å². The second-order valence-electron chi connectivity index (χ2n) is 8.98. The van der Waals surface area contributed by atoms with Crippen molar-refractivity contribution < 1.29 is 4.74 Å². The first-order valence-corrected chi connectivity index (χ1v) is 12.6. The Labute approximate surface area is 199 Å². The van der Waals surface area contributed by atoms with Crippen LogP contribution in [0, 0.1) is 0 Å². The number of para-hydroxylation sites is 2. The van der Waals surface area contributed by atoms with Gasteiger partial charge in [0, 0.05) is 32.7 Å². The monoisotopic (exact) mass is 459 g/mol. The van der Waals surface area contributed by atoms with Crippen LogP contribution in [0.15, 0.2) is 40.7 Å². The lowest BCUT2D eigenvalue weighted by Gasteiger charge is -2.14. The van der Waals surface area contributed by atoms with E-state index in [2.05, 4.69) is 17.6 Å². The van der Waals surface area contributed by atoms with Crippen molar-refractivity contribution in [3.05, 3.63) is 52.1 Å². The van der Waals surface area contributed by atoms with E-state index in [1.54, 1.807) is 0 Å². The Balaban J connectivity index is 1.69. The molecule has 0 saturated heterocycles. The van der Waals surface area contributed by atoms with Crippen molar-refractivity contribution in [2.75, 3.05) is 13.2 Å². The summed E-state index contributed by atoms with van der Waals surface area (Å²) in [5.41, 5.74) is 5.23. The third-order valence-corrected chi connectivity index (χ3v) is 6.76. The highest BCUT2D eigenvalue weighted by atomic mass is 16.5. The number of aryl methyl sites for hydroxylation is 2. The molecule has 3 heterocycles. The third kappa shape index (κ3) is 4.25. The number of benzene rings is 1. The number of allylic oxidation sites excluding steroid dienone is 2. The molecule has 0 unspecified atom stereocenters. The van der Waals surface area contributed by atoms with E-state index in [-0.39, 0.29) is 5.56 Å². The van der Waals surface area contributed by atoms with Gasteiger partial charge in [-0.15, -0.1) is 0 Å². The minimum Gasteiger partial charge on any atom is -0.382 e. The average molecular weight is 460 g/mol. The van der Waals surface area contributed by atoms with Gasteiger partial charge in [0.1, 0.15) is 16.7 Å². The molecule has 1 aromatic carbocycles. The van der Waals surface area contributed by atoms with E-state index in [0.29, 0.717) is 42.7 Å². The Morgan fingerprint density at radius 1 is 0.971 bits per heavy atom.